The van der Waals surface area contributed by atoms with Gasteiger partial charge in [-0.25, -0.2) is 0 Å². The third kappa shape index (κ3) is 3.93. The van der Waals surface area contributed by atoms with E-state index in [2.05, 4.69) is 22.4 Å². The van der Waals surface area contributed by atoms with E-state index in [9.17, 15) is 0 Å². The summed E-state index contributed by atoms with van der Waals surface area (Å²) in [6, 6.07) is 0. The number of rotatable bonds is 4. The Kier molecular flexibility index (Phi) is 4.69. The molecule has 0 aromatic carbocycles. The largest absolute Gasteiger partial charge is 0.409 e. The zero-order valence-corrected chi connectivity index (χ0v) is 8.74. The Bertz CT molecular complexity index is 187. The molecule has 1 saturated heterocycles. The maximum Gasteiger partial charge on any atom is 0.153 e. The molecule has 1 heterocycles. The van der Waals surface area contributed by atoms with E-state index in [1.165, 1.54) is 25.9 Å². The van der Waals surface area contributed by atoms with E-state index in [0.29, 0.717) is 6.54 Å². The molecule has 0 bridgehead atoms. The number of nitrogens with two attached hydrogens (primary N) is 1. The van der Waals surface area contributed by atoms with Gasteiger partial charge in [0, 0.05) is 0 Å². The van der Waals surface area contributed by atoms with Crippen LogP contribution in [0.2, 0.25) is 0 Å². The molecule has 1 rings (SSSR count). The number of hydrogen-bond acceptors (Lipinski definition) is 4. The molecular weight excluding hydrogens is 180 g/mol. The van der Waals surface area contributed by atoms with E-state index >= 15 is 0 Å². The van der Waals surface area contributed by atoms with Crippen LogP contribution in [0.25, 0.3) is 0 Å². The molecule has 0 radical (unpaired) electrons. The first-order valence-electron chi connectivity index (χ1n) is 5.08. The molecule has 82 valence electrons. The molecular formula is C9H20N4O. The fourth-order valence-corrected chi connectivity index (χ4v) is 1.71. The van der Waals surface area contributed by atoms with Gasteiger partial charge >= 0.3 is 0 Å². The van der Waals surface area contributed by atoms with Crippen molar-refractivity contribution in [1.82, 2.24) is 10.2 Å². The molecule has 14 heavy (non-hydrogen) atoms. The van der Waals surface area contributed by atoms with Gasteiger partial charge in [0.25, 0.3) is 0 Å². The number of nitrogens with one attached hydrogen (secondary N) is 1. The molecule has 5 nitrogen and oxygen atoms in total. The Labute approximate surface area is 84.9 Å². The minimum Gasteiger partial charge on any atom is -0.409 e. The van der Waals surface area contributed by atoms with E-state index < -0.39 is 0 Å². The Hall–Kier alpha value is -0.810. The lowest BCUT2D eigenvalue weighted by Crippen LogP contribution is -2.37. The lowest BCUT2D eigenvalue weighted by atomic mass is 9.97. The topological polar surface area (TPSA) is 73.9 Å². The first-order valence-corrected chi connectivity index (χ1v) is 5.08. The van der Waals surface area contributed by atoms with Crippen molar-refractivity contribution in [3.8, 4) is 0 Å². The molecule has 1 fully saturated rings. The summed E-state index contributed by atoms with van der Waals surface area (Å²) in [5.74, 6) is 0.982. The third-order valence-electron chi connectivity index (χ3n) is 2.71. The van der Waals surface area contributed by atoms with Crippen LogP contribution >= 0.6 is 0 Å². The lowest BCUT2D eigenvalue weighted by molar-refractivity contribution is 0.217. The molecule has 0 spiro atoms. The number of piperidine rings is 1. The van der Waals surface area contributed by atoms with Crippen LogP contribution in [0.5, 0.6) is 0 Å². The van der Waals surface area contributed by atoms with Crippen LogP contribution in [0.1, 0.15) is 12.8 Å². The van der Waals surface area contributed by atoms with E-state index in [-0.39, 0.29) is 5.84 Å². The van der Waals surface area contributed by atoms with Gasteiger partial charge in [-0.3, -0.25) is 0 Å². The van der Waals surface area contributed by atoms with Crippen LogP contribution in [0.3, 0.4) is 0 Å². The highest BCUT2D eigenvalue weighted by molar-refractivity contribution is 5.81. The third-order valence-corrected chi connectivity index (χ3v) is 2.71. The summed E-state index contributed by atoms with van der Waals surface area (Å²) in [7, 11) is 2.15. The SMILES string of the molecule is CN1CCC(CNCC(N)=NO)CC1. The fourth-order valence-electron chi connectivity index (χ4n) is 1.71. The van der Waals surface area contributed by atoms with Gasteiger partial charge in [0.15, 0.2) is 5.84 Å². The van der Waals surface area contributed by atoms with Crippen LogP contribution in [0, 0.1) is 5.92 Å². The summed E-state index contributed by atoms with van der Waals surface area (Å²) in [5.41, 5.74) is 5.34. The Morgan fingerprint density at radius 1 is 1.57 bits per heavy atom. The van der Waals surface area contributed by atoms with Crippen LogP contribution in [-0.4, -0.2) is 49.2 Å². The molecule has 0 amide bonds. The number of amidine groups is 1. The molecule has 0 aromatic heterocycles. The summed E-state index contributed by atoms with van der Waals surface area (Å²) >= 11 is 0. The zero-order valence-electron chi connectivity index (χ0n) is 8.74. The van der Waals surface area contributed by atoms with Crippen molar-refractivity contribution in [3.05, 3.63) is 0 Å². The van der Waals surface area contributed by atoms with Crippen LogP contribution < -0.4 is 11.1 Å². The van der Waals surface area contributed by atoms with Crippen LogP contribution in [0.15, 0.2) is 5.16 Å². The van der Waals surface area contributed by atoms with Crippen molar-refractivity contribution in [1.29, 1.82) is 0 Å². The second-order valence-corrected chi connectivity index (χ2v) is 3.97. The van der Waals surface area contributed by atoms with Crippen LogP contribution in [0.4, 0.5) is 0 Å². The number of nitrogens with zero attached hydrogens (tertiary/aromatic N) is 2. The van der Waals surface area contributed by atoms with Crippen molar-refractivity contribution >= 4 is 5.84 Å². The maximum atomic E-state index is 8.32. The van der Waals surface area contributed by atoms with Crippen molar-refractivity contribution in [2.24, 2.45) is 16.8 Å². The molecule has 5 heteroatoms. The van der Waals surface area contributed by atoms with Crippen molar-refractivity contribution in [2.75, 3.05) is 33.2 Å². The highest BCUT2D eigenvalue weighted by Gasteiger charge is 2.15. The molecule has 0 saturated carbocycles. The summed E-state index contributed by atoms with van der Waals surface area (Å²) in [4.78, 5) is 2.35. The number of likely N-dealkylation sites (tertiary alicyclic amines) is 1. The summed E-state index contributed by atoms with van der Waals surface area (Å²) < 4.78 is 0. The first kappa shape index (κ1) is 11.3. The van der Waals surface area contributed by atoms with Gasteiger partial charge in [-0.2, -0.15) is 0 Å². The molecule has 0 unspecified atom stereocenters. The van der Waals surface area contributed by atoms with E-state index in [4.69, 9.17) is 10.9 Å². The van der Waals surface area contributed by atoms with Crippen molar-refractivity contribution < 1.29 is 5.21 Å². The predicted octanol–water partition coefficient (Wildman–Crippen LogP) is -0.336. The van der Waals surface area contributed by atoms with Crippen molar-refractivity contribution in [3.63, 3.8) is 0 Å². The molecule has 0 atom stereocenters. The van der Waals surface area contributed by atoms with E-state index in [0.717, 1.165) is 12.5 Å². The van der Waals surface area contributed by atoms with Crippen molar-refractivity contribution in [2.45, 2.75) is 12.8 Å². The number of oxime groups is 1. The minimum absolute atomic E-state index is 0.248. The second-order valence-electron chi connectivity index (χ2n) is 3.97. The summed E-state index contributed by atoms with van der Waals surface area (Å²) in [5, 5.41) is 14.4. The predicted molar refractivity (Wildman–Crippen MR) is 56.5 cm³/mol. The van der Waals surface area contributed by atoms with Gasteiger partial charge < -0.3 is 21.2 Å². The fraction of sp³-hybridized carbons (Fsp3) is 0.889. The van der Waals surface area contributed by atoms with Gasteiger partial charge in [-0.1, -0.05) is 5.16 Å². The Balaban J connectivity index is 2.07. The van der Waals surface area contributed by atoms with Gasteiger partial charge in [0.1, 0.15) is 0 Å². The normalized spacial score (nSPS) is 21.4. The van der Waals surface area contributed by atoms with E-state index in [1.54, 1.807) is 0 Å². The second kappa shape index (κ2) is 5.82. The molecule has 0 aliphatic carbocycles. The van der Waals surface area contributed by atoms with Gasteiger partial charge in [0.05, 0.1) is 6.54 Å². The average Bonchev–Trinajstić information content (AvgIpc) is 2.21. The highest BCUT2D eigenvalue weighted by atomic mass is 16.4. The standard InChI is InChI=1S/C9H20N4O/c1-13-4-2-8(3-5-13)6-11-7-9(10)12-14/h8,11,14H,2-7H2,1H3,(H2,10,12). The van der Waals surface area contributed by atoms with Crippen LogP contribution in [-0.2, 0) is 0 Å². The highest BCUT2D eigenvalue weighted by Crippen LogP contribution is 2.14. The van der Waals surface area contributed by atoms with Gasteiger partial charge in [-0.15, -0.1) is 0 Å². The molecule has 1 aliphatic heterocycles. The van der Waals surface area contributed by atoms with Gasteiger partial charge in [0.2, 0.25) is 0 Å². The molecule has 0 aromatic rings. The Morgan fingerprint density at radius 2 is 2.21 bits per heavy atom. The van der Waals surface area contributed by atoms with Gasteiger partial charge in [-0.05, 0) is 45.4 Å². The average molecular weight is 200 g/mol. The molecule has 1 aliphatic rings. The first-order chi connectivity index (χ1) is 6.72. The summed E-state index contributed by atoms with van der Waals surface area (Å²) in [6.45, 7) is 3.79. The minimum atomic E-state index is 0.248. The van der Waals surface area contributed by atoms with E-state index in [1.807, 2.05) is 0 Å². The Morgan fingerprint density at radius 3 is 2.79 bits per heavy atom. The maximum absolute atomic E-state index is 8.32. The molecule has 4 N–H and O–H groups in total. The smallest absolute Gasteiger partial charge is 0.153 e. The summed E-state index contributed by atoms with van der Waals surface area (Å²) in [6.07, 6.45) is 2.47. The zero-order chi connectivity index (χ0) is 10.4. The quantitative estimate of drug-likeness (QED) is 0.251. The monoisotopic (exact) mass is 200 g/mol. The lowest BCUT2D eigenvalue weighted by Gasteiger charge is -2.28. The number of hydrogen-bond donors (Lipinski definition) is 3.